The molecular formula is C58H39N. The average molecular weight is 750 g/mol. The highest BCUT2D eigenvalue weighted by atomic mass is 15.1. The van der Waals surface area contributed by atoms with Crippen molar-refractivity contribution >= 4 is 60.2 Å². The van der Waals surface area contributed by atoms with Crippen LogP contribution in [0.3, 0.4) is 0 Å². The molecule has 1 nitrogen and oxygen atoms in total. The van der Waals surface area contributed by atoms with Gasteiger partial charge >= 0.3 is 0 Å². The number of benzene rings is 11. The summed E-state index contributed by atoms with van der Waals surface area (Å²) in [6, 6.07) is 86.3. The average Bonchev–Trinajstić information content (AvgIpc) is 3.32. The van der Waals surface area contributed by atoms with E-state index in [9.17, 15) is 0 Å². The van der Waals surface area contributed by atoms with Crippen LogP contribution in [0.2, 0.25) is 0 Å². The van der Waals surface area contributed by atoms with Crippen LogP contribution < -0.4 is 4.90 Å². The van der Waals surface area contributed by atoms with Gasteiger partial charge in [-0.2, -0.15) is 0 Å². The highest BCUT2D eigenvalue weighted by Gasteiger charge is 2.22. The van der Waals surface area contributed by atoms with E-state index >= 15 is 0 Å². The molecule has 0 N–H and O–H groups in total. The molecule has 0 fully saturated rings. The molecule has 0 amide bonds. The summed E-state index contributed by atoms with van der Waals surface area (Å²) < 4.78 is 0. The summed E-state index contributed by atoms with van der Waals surface area (Å²) in [6.45, 7) is 0. The Morgan fingerprint density at radius 1 is 0.237 bits per heavy atom. The van der Waals surface area contributed by atoms with E-state index in [2.05, 4.69) is 241 Å². The number of para-hydroxylation sites is 1. The van der Waals surface area contributed by atoms with Gasteiger partial charge in [0.1, 0.15) is 0 Å². The Hall–Kier alpha value is -7.74. The fourth-order valence-electron chi connectivity index (χ4n) is 8.95. The van der Waals surface area contributed by atoms with Crippen LogP contribution in [0.15, 0.2) is 237 Å². The molecule has 0 saturated carbocycles. The standard InChI is InChI=1S/C58H39N/c1-3-13-40(14-4-1)41-23-25-42(26-24-41)43-29-34-49(35-30-43)59(56-22-12-11-20-51(56)44-15-5-2-6-16-44)57-38-33-46-18-8-10-21-52(46)58(57)48-28-27-47-32-36-53-50-19-9-7-17-45(50)31-37-54(53)55(47)39-48/h1-39H. The number of hydrogen-bond acceptors (Lipinski definition) is 1. The van der Waals surface area contributed by atoms with Crippen LogP contribution in [-0.2, 0) is 0 Å². The largest absolute Gasteiger partial charge is 0.309 e. The van der Waals surface area contributed by atoms with Gasteiger partial charge in [-0.3, -0.25) is 0 Å². The smallest absolute Gasteiger partial charge is 0.0546 e. The van der Waals surface area contributed by atoms with Crippen molar-refractivity contribution in [3.63, 3.8) is 0 Å². The van der Waals surface area contributed by atoms with Crippen molar-refractivity contribution < 1.29 is 0 Å². The SMILES string of the molecule is c1ccc(-c2ccc(-c3ccc(N(c4ccccc4-c4ccccc4)c4ccc5ccccc5c4-c4ccc5ccc6c7ccccc7ccc6c5c4)cc3)cc2)cc1. The molecular weight excluding hydrogens is 711 g/mol. The van der Waals surface area contributed by atoms with Crippen molar-refractivity contribution in [3.05, 3.63) is 237 Å². The third kappa shape index (κ3) is 6.21. The number of nitrogens with zero attached hydrogens (tertiary/aromatic N) is 1. The van der Waals surface area contributed by atoms with Crippen LogP contribution in [0.5, 0.6) is 0 Å². The molecule has 0 bridgehead atoms. The fourth-order valence-corrected chi connectivity index (χ4v) is 8.95. The summed E-state index contributed by atoms with van der Waals surface area (Å²) in [5.74, 6) is 0. The lowest BCUT2D eigenvalue weighted by Crippen LogP contribution is -2.12. The summed E-state index contributed by atoms with van der Waals surface area (Å²) in [6.07, 6.45) is 0. The fraction of sp³-hybridized carbons (Fsp3) is 0. The maximum Gasteiger partial charge on any atom is 0.0546 e. The van der Waals surface area contributed by atoms with Gasteiger partial charge in [0.2, 0.25) is 0 Å². The zero-order chi connectivity index (χ0) is 39.1. The molecule has 0 aliphatic carbocycles. The van der Waals surface area contributed by atoms with Crippen LogP contribution in [0.1, 0.15) is 0 Å². The predicted molar refractivity (Wildman–Crippen MR) is 253 cm³/mol. The molecule has 0 aliphatic rings. The molecule has 0 radical (unpaired) electrons. The van der Waals surface area contributed by atoms with E-state index in [1.54, 1.807) is 0 Å². The van der Waals surface area contributed by atoms with E-state index in [0.29, 0.717) is 0 Å². The van der Waals surface area contributed by atoms with Crippen LogP contribution in [0, 0.1) is 0 Å². The van der Waals surface area contributed by atoms with E-state index in [0.717, 1.165) is 17.1 Å². The minimum absolute atomic E-state index is 1.09. The van der Waals surface area contributed by atoms with Crippen molar-refractivity contribution in [2.75, 3.05) is 4.90 Å². The van der Waals surface area contributed by atoms with Gasteiger partial charge in [-0.05, 0) is 107 Å². The van der Waals surface area contributed by atoms with Crippen LogP contribution in [0.25, 0.3) is 87.6 Å². The highest BCUT2D eigenvalue weighted by Crippen LogP contribution is 2.48. The van der Waals surface area contributed by atoms with E-state index < -0.39 is 0 Å². The lowest BCUT2D eigenvalue weighted by atomic mass is 9.91. The maximum absolute atomic E-state index is 2.47. The Bertz CT molecular complexity index is 3290. The lowest BCUT2D eigenvalue weighted by molar-refractivity contribution is 1.29. The second-order valence-electron chi connectivity index (χ2n) is 15.3. The molecule has 276 valence electrons. The predicted octanol–water partition coefficient (Wildman–Crippen LogP) is 16.4. The number of anilines is 3. The Balaban J connectivity index is 1.12. The summed E-state index contributed by atoms with van der Waals surface area (Å²) in [4.78, 5) is 2.47. The third-order valence-corrected chi connectivity index (χ3v) is 11.9. The van der Waals surface area contributed by atoms with Crippen molar-refractivity contribution in [2.45, 2.75) is 0 Å². The maximum atomic E-state index is 2.47. The van der Waals surface area contributed by atoms with Gasteiger partial charge in [-0.25, -0.2) is 0 Å². The van der Waals surface area contributed by atoms with Crippen LogP contribution >= 0.6 is 0 Å². The topological polar surface area (TPSA) is 3.24 Å². The van der Waals surface area contributed by atoms with Gasteiger partial charge in [0, 0.05) is 16.8 Å². The molecule has 0 aliphatic heterocycles. The van der Waals surface area contributed by atoms with Gasteiger partial charge in [0.15, 0.2) is 0 Å². The van der Waals surface area contributed by atoms with Crippen molar-refractivity contribution in [1.29, 1.82) is 0 Å². The van der Waals surface area contributed by atoms with Gasteiger partial charge in [-0.15, -0.1) is 0 Å². The summed E-state index contributed by atoms with van der Waals surface area (Å²) >= 11 is 0. The van der Waals surface area contributed by atoms with E-state index in [1.165, 1.54) is 87.6 Å². The van der Waals surface area contributed by atoms with Crippen molar-refractivity contribution in [2.24, 2.45) is 0 Å². The molecule has 0 aromatic heterocycles. The zero-order valence-corrected chi connectivity index (χ0v) is 32.5. The van der Waals surface area contributed by atoms with E-state index in [-0.39, 0.29) is 0 Å². The first-order valence-electron chi connectivity index (χ1n) is 20.3. The minimum atomic E-state index is 1.09. The number of hydrogen-bond donors (Lipinski definition) is 0. The van der Waals surface area contributed by atoms with Gasteiger partial charge in [0.25, 0.3) is 0 Å². The molecule has 0 saturated heterocycles. The molecule has 0 atom stereocenters. The first-order valence-corrected chi connectivity index (χ1v) is 20.3. The van der Waals surface area contributed by atoms with E-state index in [4.69, 9.17) is 0 Å². The van der Waals surface area contributed by atoms with Crippen molar-refractivity contribution in [1.82, 2.24) is 0 Å². The minimum Gasteiger partial charge on any atom is -0.309 e. The summed E-state index contributed by atoms with van der Waals surface area (Å²) in [5.41, 5.74) is 12.9. The van der Waals surface area contributed by atoms with Gasteiger partial charge < -0.3 is 4.90 Å². The Morgan fingerprint density at radius 2 is 0.695 bits per heavy atom. The van der Waals surface area contributed by atoms with E-state index in [1.807, 2.05) is 0 Å². The molecule has 1 heteroatoms. The molecule has 0 heterocycles. The Morgan fingerprint density at radius 3 is 1.39 bits per heavy atom. The Kier molecular flexibility index (Phi) is 8.56. The molecule has 11 aromatic rings. The summed E-state index contributed by atoms with van der Waals surface area (Å²) in [5, 5.41) is 9.99. The first-order chi connectivity index (χ1) is 29.3. The highest BCUT2D eigenvalue weighted by molar-refractivity contribution is 6.18. The first kappa shape index (κ1) is 34.5. The molecule has 11 rings (SSSR count). The normalized spacial score (nSPS) is 11.4. The zero-order valence-electron chi connectivity index (χ0n) is 32.5. The number of fused-ring (bicyclic) bond motifs is 6. The molecule has 11 aromatic carbocycles. The third-order valence-electron chi connectivity index (χ3n) is 11.9. The second kappa shape index (κ2) is 14.6. The number of rotatable bonds is 7. The quantitative estimate of drug-likeness (QED) is 0.147. The van der Waals surface area contributed by atoms with Crippen LogP contribution in [-0.4, -0.2) is 0 Å². The molecule has 0 unspecified atom stereocenters. The summed E-state index contributed by atoms with van der Waals surface area (Å²) in [7, 11) is 0. The molecule has 0 spiro atoms. The Labute approximate surface area is 344 Å². The van der Waals surface area contributed by atoms with Gasteiger partial charge in [-0.1, -0.05) is 206 Å². The molecule has 59 heavy (non-hydrogen) atoms. The second-order valence-corrected chi connectivity index (χ2v) is 15.3. The van der Waals surface area contributed by atoms with Crippen molar-refractivity contribution in [3.8, 4) is 44.5 Å². The monoisotopic (exact) mass is 749 g/mol. The van der Waals surface area contributed by atoms with Crippen LogP contribution in [0.4, 0.5) is 17.1 Å². The lowest BCUT2D eigenvalue weighted by Gasteiger charge is -2.31. The van der Waals surface area contributed by atoms with Gasteiger partial charge in [0.05, 0.1) is 11.4 Å².